The van der Waals surface area contributed by atoms with E-state index in [1.54, 1.807) is 11.3 Å². The second kappa shape index (κ2) is 8.25. The zero-order valence-corrected chi connectivity index (χ0v) is 14.2. The minimum atomic E-state index is 0. The van der Waals surface area contributed by atoms with E-state index < -0.39 is 0 Å². The molecular weight excluding hydrogens is 348 g/mol. The van der Waals surface area contributed by atoms with Crippen molar-refractivity contribution in [1.29, 1.82) is 0 Å². The maximum absolute atomic E-state index is 11.9. The molecule has 2 atom stereocenters. The van der Waals surface area contributed by atoms with Crippen LogP contribution in [0.15, 0.2) is 15.9 Å². The highest BCUT2D eigenvalue weighted by atomic mass is 79.9. The summed E-state index contributed by atoms with van der Waals surface area (Å²) in [6.45, 7) is 3.17. The Bertz CT molecular complexity index is 413. The van der Waals surface area contributed by atoms with E-state index in [9.17, 15) is 4.79 Å². The third kappa shape index (κ3) is 5.81. The molecule has 1 aromatic heterocycles. The number of hydrogen-bond donors (Lipinski definition) is 2. The Labute approximate surface area is 133 Å². The van der Waals surface area contributed by atoms with Crippen LogP contribution in [0, 0.1) is 0 Å². The summed E-state index contributed by atoms with van der Waals surface area (Å²) in [4.78, 5) is 13.1. The Morgan fingerprint density at radius 1 is 1.63 bits per heavy atom. The second-order valence-corrected chi connectivity index (χ2v) is 6.79. The minimum Gasteiger partial charge on any atom is -0.353 e. The van der Waals surface area contributed by atoms with Crippen LogP contribution in [0.25, 0.3) is 0 Å². The van der Waals surface area contributed by atoms with Gasteiger partial charge in [0.2, 0.25) is 5.91 Å². The summed E-state index contributed by atoms with van der Waals surface area (Å²) in [5.74, 6) is 0.179. The van der Waals surface area contributed by atoms with Crippen LogP contribution in [0.1, 0.15) is 31.1 Å². The van der Waals surface area contributed by atoms with Crippen molar-refractivity contribution in [3.05, 3.63) is 20.8 Å². The molecule has 0 bridgehead atoms. The third-order valence-electron chi connectivity index (χ3n) is 3.21. The molecule has 2 unspecified atom stereocenters. The van der Waals surface area contributed by atoms with Crippen molar-refractivity contribution in [1.82, 2.24) is 10.6 Å². The largest absolute Gasteiger partial charge is 0.353 e. The van der Waals surface area contributed by atoms with Crippen molar-refractivity contribution >= 4 is 45.6 Å². The number of rotatable bonds is 4. The molecule has 2 heterocycles. The van der Waals surface area contributed by atoms with Crippen LogP contribution in [0.5, 0.6) is 0 Å². The Morgan fingerprint density at radius 2 is 2.42 bits per heavy atom. The zero-order chi connectivity index (χ0) is 13.0. The van der Waals surface area contributed by atoms with Gasteiger partial charge in [0.1, 0.15) is 0 Å². The SMILES string of the molecule is CC1CC(NC(=O)CCc2cc(Br)cs2)CCN1.Cl. The summed E-state index contributed by atoms with van der Waals surface area (Å²) >= 11 is 5.13. The fourth-order valence-electron chi connectivity index (χ4n) is 2.28. The first-order valence-corrected chi connectivity index (χ1v) is 8.06. The lowest BCUT2D eigenvalue weighted by atomic mass is 10.0. The van der Waals surface area contributed by atoms with E-state index in [-0.39, 0.29) is 18.3 Å². The van der Waals surface area contributed by atoms with Gasteiger partial charge in [-0.15, -0.1) is 23.7 Å². The summed E-state index contributed by atoms with van der Waals surface area (Å²) in [5.41, 5.74) is 0. The van der Waals surface area contributed by atoms with E-state index in [0.717, 1.165) is 30.3 Å². The summed E-state index contributed by atoms with van der Waals surface area (Å²) < 4.78 is 1.11. The van der Waals surface area contributed by atoms with Crippen LogP contribution < -0.4 is 10.6 Å². The third-order valence-corrected chi connectivity index (χ3v) is 4.97. The van der Waals surface area contributed by atoms with Gasteiger partial charge >= 0.3 is 0 Å². The van der Waals surface area contributed by atoms with E-state index in [4.69, 9.17) is 0 Å². The molecule has 1 saturated heterocycles. The highest BCUT2D eigenvalue weighted by molar-refractivity contribution is 9.10. The number of hydrogen-bond acceptors (Lipinski definition) is 3. The van der Waals surface area contributed by atoms with Gasteiger partial charge < -0.3 is 10.6 Å². The molecule has 108 valence electrons. The molecule has 0 spiro atoms. The second-order valence-electron chi connectivity index (χ2n) is 4.88. The first-order valence-electron chi connectivity index (χ1n) is 6.39. The molecule has 0 saturated carbocycles. The van der Waals surface area contributed by atoms with Crippen LogP contribution in [0.3, 0.4) is 0 Å². The van der Waals surface area contributed by atoms with E-state index in [0.29, 0.717) is 18.5 Å². The topological polar surface area (TPSA) is 41.1 Å². The molecule has 1 aliphatic rings. The lowest BCUT2D eigenvalue weighted by molar-refractivity contribution is -0.121. The summed E-state index contributed by atoms with van der Waals surface area (Å²) in [7, 11) is 0. The Morgan fingerprint density at radius 3 is 3.05 bits per heavy atom. The monoisotopic (exact) mass is 366 g/mol. The number of carbonyl (C=O) groups is 1. The molecule has 2 rings (SSSR count). The van der Waals surface area contributed by atoms with Gasteiger partial charge in [-0.05, 0) is 54.7 Å². The summed E-state index contributed by atoms with van der Waals surface area (Å²) in [6.07, 6.45) is 3.50. The number of piperidine rings is 1. The zero-order valence-electron chi connectivity index (χ0n) is 10.9. The van der Waals surface area contributed by atoms with Crippen molar-refractivity contribution in [2.75, 3.05) is 6.54 Å². The number of carbonyl (C=O) groups excluding carboxylic acids is 1. The fraction of sp³-hybridized carbons (Fsp3) is 0.615. The molecule has 0 aliphatic carbocycles. The van der Waals surface area contributed by atoms with E-state index in [1.165, 1.54) is 4.88 Å². The summed E-state index contributed by atoms with van der Waals surface area (Å²) in [6, 6.07) is 2.95. The molecule has 6 heteroatoms. The maximum atomic E-state index is 11.9. The van der Waals surface area contributed by atoms with E-state index in [2.05, 4.69) is 44.9 Å². The highest BCUT2D eigenvalue weighted by Gasteiger charge is 2.19. The van der Waals surface area contributed by atoms with Crippen LogP contribution >= 0.6 is 39.7 Å². The van der Waals surface area contributed by atoms with E-state index in [1.807, 2.05) is 0 Å². The van der Waals surface area contributed by atoms with Crippen molar-refractivity contribution in [3.8, 4) is 0 Å². The molecule has 0 aromatic carbocycles. The first-order chi connectivity index (χ1) is 8.63. The van der Waals surface area contributed by atoms with Gasteiger partial charge in [0.05, 0.1) is 0 Å². The molecule has 1 amide bonds. The highest BCUT2D eigenvalue weighted by Crippen LogP contribution is 2.20. The average molecular weight is 368 g/mol. The fourth-order valence-corrected chi connectivity index (χ4v) is 3.74. The van der Waals surface area contributed by atoms with E-state index >= 15 is 0 Å². The molecule has 1 aromatic rings. The predicted molar refractivity (Wildman–Crippen MR) is 86.2 cm³/mol. The molecule has 1 aliphatic heterocycles. The van der Waals surface area contributed by atoms with Crippen LogP contribution in [-0.4, -0.2) is 24.5 Å². The Balaban J connectivity index is 0.00000180. The Kier molecular flexibility index (Phi) is 7.36. The molecule has 19 heavy (non-hydrogen) atoms. The van der Waals surface area contributed by atoms with Crippen molar-refractivity contribution in [2.45, 2.75) is 44.7 Å². The Hall–Kier alpha value is -0.100. The van der Waals surface area contributed by atoms with Gasteiger partial charge in [-0.1, -0.05) is 0 Å². The smallest absolute Gasteiger partial charge is 0.220 e. The molecule has 3 nitrogen and oxygen atoms in total. The molecule has 1 fully saturated rings. The van der Waals surface area contributed by atoms with Crippen LogP contribution in [0.4, 0.5) is 0 Å². The number of aryl methyl sites for hydroxylation is 1. The maximum Gasteiger partial charge on any atom is 0.220 e. The number of amides is 1. The first kappa shape index (κ1) is 17.0. The van der Waals surface area contributed by atoms with Crippen LogP contribution in [-0.2, 0) is 11.2 Å². The predicted octanol–water partition coefficient (Wildman–Crippen LogP) is 3.12. The molecule has 2 N–H and O–H groups in total. The average Bonchev–Trinajstić information content (AvgIpc) is 2.73. The van der Waals surface area contributed by atoms with Gasteiger partial charge in [-0.3, -0.25) is 4.79 Å². The number of thiophene rings is 1. The number of nitrogens with one attached hydrogen (secondary N) is 2. The van der Waals surface area contributed by atoms with Crippen molar-refractivity contribution < 1.29 is 4.79 Å². The van der Waals surface area contributed by atoms with Gasteiger partial charge in [-0.25, -0.2) is 0 Å². The minimum absolute atomic E-state index is 0. The summed E-state index contributed by atoms with van der Waals surface area (Å²) in [5, 5.41) is 8.59. The van der Waals surface area contributed by atoms with Crippen molar-refractivity contribution in [3.63, 3.8) is 0 Å². The quantitative estimate of drug-likeness (QED) is 0.858. The van der Waals surface area contributed by atoms with Gasteiger partial charge in [0.25, 0.3) is 0 Å². The standard InChI is InChI=1S/C13H19BrN2OS.ClH/c1-9-6-11(4-5-15-9)16-13(17)3-2-12-7-10(14)8-18-12;/h7-9,11,15H,2-6H2,1H3,(H,16,17);1H. The van der Waals surface area contributed by atoms with Gasteiger partial charge in [-0.2, -0.15) is 0 Å². The normalized spacial score (nSPS) is 22.6. The van der Waals surface area contributed by atoms with Crippen LogP contribution in [0.2, 0.25) is 0 Å². The molecule has 0 radical (unpaired) electrons. The lowest BCUT2D eigenvalue weighted by Gasteiger charge is -2.28. The number of halogens is 2. The lowest BCUT2D eigenvalue weighted by Crippen LogP contribution is -2.46. The molecular formula is C13H20BrClN2OS. The van der Waals surface area contributed by atoms with Gasteiger partial charge in [0, 0.05) is 33.2 Å². The van der Waals surface area contributed by atoms with Gasteiger partial charge in [0.15, 0.2) is 0 Å². The van der Waals surface area contributed by atoms with Crippen molar-refractivity contribution in [2.24, 2.45) is 0 Å².